The van der Waals surface area contributed by atoms with Crippen LogP contribution in [0.2, 0.25) is 0 Å². The first-order valence-corrected chi connectivity index (χ1v) is 25.1. The zero-order valence-electron chi connectivity index (χ0n) is 41.1. The van der Waals surface area contributed by atoms with Gasteiger partial charge in [-0.2, -0.15) is 0 Å². The fourth-order valence-corrected chi connectivity index (χ4v) is 7.82. The zero-order valence-corrected chi connectivity index (χ0v) is 45.5. The van der Waals surface area contributed by atoms with Gasteiger partial charge in [-0.25, -0.2) is 0 Å². The van der Waals surface area contributed by atoms with Gasteiger partial charge in [-0.05, 0) is 62.5 Å². The first-order chi connectivity index (χ1) is 31.0. The third kappa shape index (κ3) is 38.5. The van der Waals surface area contributed by atoms with E-state index in [1.54, 1.807) is 0 Å². The van der Waals surface area contributed by atoms with Gasteiger partial charge in [0.25, 0.3) is 0 Å². The second-order valence-corrected chi connectivity index (χ2v) is 17.5. The average Bonchev–Trinajstić information content (AvgIpc) is 3.28. The number of hydrogen-bond acceptors (Lipinski definition) is 10. The molecule has 0 aromatic heterocycles. The van der Waals surface area contributed by atoms with E-state index in [0.717, 1.165) is 77.0 Å². The Kier molecular flexibility index (Phi) is 42.8. The van der Waals surface area contributed by atoms with E-state index in [2.05, 4.69) is 62.4 Å². The summed E-state index contributed by atoms with van der Waals surface area (Å²) in [6.07, 6.45) is 28.8. The molecular weight excluding hydrogens is 946 g/mol. The molecule has 0 bridgehead atoms. The van der Waals surface area contributed by atoms with E-state index in [1.807, 2.05) is 12.1 Å². The SMILES string of the molecule is CCCCCCC(CCCCCCCCCC(OC(C)=O)C(=O)[O-])OCc1ccccc1.CCCCCCC(CCCCCCCCCC(OC(C)=O)C(=O)[O-])OCc1ccccc1.[Ba+2]. The molecule has 364 valence electrons. The van der Waals surface area contributed by atoms with Crippen LogP contribution in [0.4, 0.5) is 0 Å². The Bertz CT molecular complexity index is 1320. The van der Waals surface area contributed by atoms with Crippen LogP contribution < -0.4 is 10.2 Å². The fraction of sp³-hybridized carbons (Fsp3) is 0.704. The van der Waals surface area contributed by atoms with Crippen molar-refractivity contribution < 1.29 is 48.3 Å². The molecule has 10 nitrogen and oxygen atoms in total. The van der Waals surface area contributed by atoms with Gasteiger partial charge in [0.05, 0.1) is 37.4 Å². The van der Waals surface area contributed by atoms with Crippen LogP contribution in [-0.2, 0) is 51.3 Å². The third-order valence-corrected chi connectivity index (χ3v) is 11.5. The summed E-state index contributed by atoms with van der Waals surface area (Å²) < 4.78 is 22.0. The van der Waals surface area contributed by atoms with Crippen LogP contribution in [-0.4, -0.2) is 97.2 Å². The van der Waals surface area contributed by atoms with Crippen molar-refractivity contribution >= 4 is 72.8 Å². The molecule has 2 aromatic carbocycles. The second kappa shape index (κ2) is 44.3. The van der Waals surface area contributed by atoms with Crippen molar-refractivity contribution in [2.45, 2.75) is 245 Å². The van der Waals surface area contributed by atoms with E-state index < -0.39 is 36.1 Å². The number of hydrogen-bond donors (Lipinski definition) is 0. The van der Waals surface area contributed by atoms with Gasteiger partial charge in [0.2, 0.25) is 0 Å². The largest absolute Gasteiger partial charge is 2.00 e. The summed E-state index contributed by atoms with van der Waals surface area (Å²) in [6, 6.07) is 20.8. The van der Waals surface area contributed by atoms with Crippen LogP contribution in [0.15, 0.2) is 60.7 Å². The van der Waals surface area contributed by atoms with Crippen LogP contribution in [0.3, 0.4) is 0 Å². The molecular formula is C54H86BaO10. The van der Waals surface area contributed by atoms with Crippen LogP contribution in [0, 0.1) is 0 Å². The minimum atomic E-state index is -1.31. The van der Waals surface area contributed by atoms with E-state index in [-0.39, 0.29) is 48.9 Å². The summed E-state index contributed by atoms with van der Waals surface area (Å²) in [5.41, 5.74) is 2.47. The maximum atomic E-state index is 11.0. The fourth-order valence-electron chi connectivity index (χ4n) is 7.82. The smallest absolute Gasteiger partial charge is 0.546 e. The molecule has 2 rings (SSSR count). The van der Waals surface area contributed by atoms with Crippen molar-refractivity contribution in [2.24, 2.45) is 0 Å². The molecule has 0 aliphatic carbocycles. The Morgan fingerprint density at radius 2 is 0.677 bits per heavy atom. The van der Waals surface area contributed by atoms with E-state index >= 15 is 0 Å². The van der Waals surface area contributed by atoms with E-state index in [4.69, 9.17) is 18.9 Å². The molecule has 0 aliphatic rings. The summed E-state index contributed by atoms with van der Waals surface area (Å²) >= 11 is 0. The Balaban J connectivity index is 0.00000124. The molecule has 11 heteroatoms. The Hall–Kier alpha value is -2.19. The Morgan fingerprint density at radius 1 is 0.415 bits per heavy atom. The predicted molar refractivity (Wildman–Crippen MR) is 258 cm³/mol. The van der Waals surface area contributed by atoms with Crippen molar-refractivity contribution in [3.63, 3.8) is 0 Å². The molecule has 0 saturated carbocycles. The van der Waals surface area contributed by atoms with Gasteiger partial charge in [0.15, 0.2) is 0 Å². The van der Waals surface area contributed by atoms with Crippen molar-refractivity contribution in [2.75, 3.05) is 0 Å². The number of aliphatic carboxylic acids is 2. The van der Waals surface area contributed by atoms with Gasteiger partial charge in [0.1, 0.15) is 12.2 Å². The standard InChI is InChI=1S/2C27H44O5.Ba/c2*1-3-4-5-14-19-25(31-22-24-17-12-11-13-18-24)20-15-9-7-6-8-10-16-21-26(27(29)30)32-23(2)28;/h2*11-13,17-18,25-26H,3-10,14-16,19-22H2,1-2H3,(H,29,30);/q;;+2/p-2. The van der Waals surface area contributed by atoms with E-state index in [9.17, 15) is 29.4 Å². The molecule has 4 atom stereocenters. The minimum absolute atomic E-state index is 0. The quantitative estimate of drug-likeness (QED) is 0.0358. The van der Waals surface area contributed by atoms with Crippen LogP contribution in [0.5, 0.6) is 0 Å². The summed E-state index contributed by atoms with van der Waals surface area (Å²) in [7, 11) is 0. The minimum Gasteiger partial charge on any atom is -0.546 e. The second-order valence-electron chi connectivity index (χ2n) is 17.5. The van der Waals surface area contributed by atoms with Crippen molar-refractivity contribution in [1.82, 2.24) is 0 Å². The molecule has 4 unspecified atom stereocenters. The van der Waals surface area contributed by atoms with Gasteiger partial charge in [-0.1, -0.05) is 203 Å². The number of carbonyl (C=O) groups excluding carboxylic acids is 4. The molecule has 0 spiro atoms. The van der Waals surface area contributed by atoms with Crippen LogP contribution >= 0.6 is 0 Å². The normalized spacial score (nSPS) is 12.7. The Morgan fingerprint density at radius 3 is 0.938 bits per heavy atom. The van der Waals surface area contributed by atoms with Gasteiger partial charge in [0, 0.05) is 13.8 Å². The first kappa shape index (κ1) is 62.8. The predicted octanol–water partition coefficient (Wildman–Crippen LogP) is 11.1. The maximum Gasteiger partial charge on any atom is 2.00 e. The summed E-state index contributed by atoms with van der Waals surface area (Å²) in [6.45, 7) is 8.31. The Labute approximate surface area is 434 Å². The molecule has 65 heavy (non-hydrogen) atoms. The molecule has 0 radical (unpaired) electrons. The molecule has 0 amide bonds. The summed E-state index contributed by atoms with van der Waals surface area (Å²) in [5, 5.41) is 21.9. The summed E-state index contributed by atoms with van der Waals surface area (Å²) in [5.74, 6) is -3.76. The van der Waals surface area contributed by atoms with Crippen molar-refractivity contribution in [1.29, 1.82) is 0 Å². The molecule has 0 saturated heterocycles. The number of benzene rings is 2. The van der Waals surface area contributed by atoms with Crippen molar-refractivity contribution in [3.05, 3.63) is 71.8 Å². The number of carboxylic acids is 2. The topological polar surface area (TPSA) is 151 Å². The van der Waals surface area contributed by atoms with E-state index in [0.29, 0.717) is 38.3 Å². The van der Waals surface area contributed by atoms with Crippen molar-refractivity contribution in [3.8, 4) is 0 Å². The van der Waals surface area contributed by atoms with Gasteiger partial charge < -0.3 is 38.7 Å². The van der Waals surface area contributed by atoms with E-state index in [1.165, 1.54) is 115 Å². The number of unbranched alkanes of at least 4 members (excludes halogenated alkanes) is 18. The molecule has 0 aliphatic heterocycles. The zero-order chi connectivity index (χ0) is 46.9. The number of carboxylic acid groups (broad SMARTS) is 2. The first-order valence-electron chi connectivity index (χ1n) is 25.1. The third-order valence-electron chi connectivity index (χ3n) is 11.5. The number of carbonyl (C=O) groups is 4. The maximum absolute atomic E-state index is 11.0. The molecule has 0 N–H and O–H groups in total. The number of ether oxygens (including phenoxy) is 4. The monoisotopic (exact) mass is 1030 g/mol. The number of esters is 2. The summed E-state index contributed by atoms with van der Waals surface area (Å²) in [4.78, 5) is 43.8. The number of rotatable bonds is 40. The molecule has 0 fully saturated rings. The van der Waals surface area contributed by atoms with Gasteiger partial charge >= 0.3 is 60.8 Å². The van der Waals surface area contributed by atoms with Crippen LogP contribution in [0.25, 0.3) is 0 Å². The van der Waals surface area contributed by atoms with Crippen LogP contribution in [0.1, 0.15) is 219 Å². The van der Waals surface area contributed by atoms with Gasteiger partial charge in [-0.15, -0.1) is 0 Å². The molecule has 0 heterocycles. The van der Waals surface area contributed by atoms with Gasteiger partial charge in [-0.3, -0.25) is 9.59 Å². The average molecular weight is 1030 g/mol. The molecule has 2 aromatic rings.